The van der Waals surface area contributed by atoms with Gasteiger partial charge in [0.15, 0.2) is 0 Å². The number of ether oxygens (including phenoxy) is 1. The number of nitrogens with zero attached hydrogens (tertiary/aromatic N) is 1. The quantitative estimate of drug-likeness (QED) is 0.903. The minimum absolute atomic E-state index is 0. The minimum Gasteiger partial charge on any atom is -0.491 e. The van der Waals surface area contributed by atoms with Crippen molar-refractivity contribution in [2.24, 2.45) is 0 Å². The Morgan fingerprint density at radius 3 is 2.65 bits per heavy atom. The van der Waals surface area contributed by atoms with Crippen LogP contribution in [0.4, 0.5) is 0 Å². The molecular weight excluding hydrogens is 297 g/mol. The molecule has 1 aromatic carbocycles. The van der Waals surface area contributed by atoms with Crippen molar-refractivity contribution in [3.63, 3.8) is 0 Å². The SMILES string of the molecule is Cc1cc(Cl)ccc1OCC(O)CN1CCCCC1.Cl. The molecule has 0 radical (unpaired) electrons. The Hall–Kier alpha value is -0.480. The molecular formula is C15H23Cl2NO2. The Morgan fingerprint density at radius 1 is 1.30 bits per heavy atom. The second-order valence-corrected chi connectivity index (χ2v) is 5.67. The molecule has 2 rings (SSSR count). The van der Waals surface area contributed by atoms with E-state index in [2.05, 4.69) is 4.90 Å². The van der Waals surface area contributed by atoms with E-state index in [4.69, 9.17) is 16.3 Å². The summed E-state index contributed by atoms with van der Waals surface area (Å²) in [5, 5.41) is 10.7. The Labute approximate surface area is 132 Å². The number of benzene rings is 1. The lowest BCUT2D eigenvalue weighted by atomic mass is 10.1. The molecule has 114 valence electrons. The molecule has 20 heavy (non-hydrogen) atoms. The third-order valence-corrected chi connectivity index (χ3v) is 3.72. The molecule has 0 spiro atoms. The number of hydrogen-bond donors (Lipinski definition) is 1. The van der Waals surface area contributed by atoms with Crippen LogP contribution < -0.4 is 4.74 Å². The van der Waals surface area contributed by atoms with Crippen LogP contribution >= 0.6 is 24.0 Å². The van der Waals surface area contributed by atoms with Crippen LogP contribution in [0.15, 0.2) is 18.2 Å². The molecule has 3 nitrogen and oxygen atoms in total. The van der Waals surface area contributed by atoms with Gasteiger partial charge >= 0.3 is 0 Å². The lowest BCUT2D eigenvalue weighted by Crippen LogP contribution is -2.38. The Kier molecular flexibility index (Phi) is 7.67. The topological polar surface area (TPSA) is 32.7 Å². The van der Waals surface area contributed by atoms with Gasteiger partial charge in [0.05, 0.1) is 0 Å². The number of likely N-dealkylation sites (tertiary alicyclic amines) is 1. The number of β-amino-alcohol motifs (C(OH)–C–C–N with tert-alkyl or cyclic N) is 1. The van der Waals surface area contributed by atoms with Crippen LogP contribution in [-0.4, -0.2) is 42.4 Å². The molecule has 0 saturated carbocycles. The van der Waals surface area contributed by atoms with Gasteiger partial charge in [-0.15, -0.1) is 12.4 Å². The van der Waals surface area contributed by atoms with E-state index in [0.717, 1.165) is 24.4 Å². The molecule has 1 fully saturated rings. The van der Waals surface area contributed by atoms with E-state index in [1.54, 1.807) is 6.07 Å². The van der Waals surface area contributed by atoms with E-state index in [-0.39, 0.29) is 12.4 Å². The maximum atomic E-state index is 10.0. The Balaban J connectivity index is 0.00000200. The summed E-state index contributed by atoms with van der Waals surface area (Å²) < 4.78 is 5.66. The molecule has 1 atom stereocenters. The standard InChI is InChI=1S/C15H22ClNO2.ClH/c1-12-9-13(16)5-6-15(12)19-11-14(18)10-17-7-3-2-4-8-17;/h5-6,9,14,18H,2-4,7-8,10-11H2,1H3;1H. The van der Waals surface area contributed by atoms with Crippen molar-refractivity contribution >= 4 is 24.0 Å². The number of piperidine rings is 1. The van der Waals surface area contributed by atoms with Gasteiger partial charge in [0, 0.05) is 11.6 Å². The Bertz CT molecular complexity index is 409. The fourth-order valence-electron chi connectivity index (χ4n) is 2.45. The number of aliphatic hydroxyl groups excluding tert-OH is 1. The maximum Gasteiger partial charge on any atom is 0.122 e. The average Bonchev–Trinajstić information content (AvgIpc) is 2.39. The fraction of sp³-hybridized carbons (Fsp3) is 0.600. The van der Waals surface area contributed by atoms with E-state index >= 15 is 0 Å². The zero-order chi connectivity index (χ0) is 13.7. The van der Waals surface area contributed by atoms with Crippen LogP contribution in [0.1, 0.15) is 24.8 Å². The summed E-state index contributed by atoms with van der Waals surface area (Å²) in [6.45, 7) is 5.18. The minimum atomic E-state index is -0.437. The maximum absolute atomic E-state index is 10.0. The number of aryl methyl sites for hydroxylation is 1. The van der Waals surface area contributed by atoms with E-state index in [0.29, 0.717) is 18.2 Å². The van der Waals surface area contributed by atoms with Crippen LogP contribution in [0.2, 0.25) is 5.02 Å². The highest BCUT2D eigenvalue weighted by atomic mass is 35.5. The van der Waals surface area contributed by atoms with E-state index in [1.165, 1.54) is 19.3 Å². The highest BCUT2D eigenvalue weighted by molar-refractivity contribution is 6.30. The molecule has 1 saturated heterocycles. The van der Waals surface area contributed by atoms with Crippen LogP contribution in [0.3, 0.4) is 0 Å². The molecule has 1 unspecified atom stereocenters. The predicted molar refractivity (Wildman–Crippen MR) is 85.2 cm³/mol. The second-order valence-electron chi connectivity index (χ2n) is 5.24. The molecule has 0 aromatic heterocycles. The molecule has 0 bridgehead atoms. The van der Waals surface area contributed by atoms with Crippen molar-refractivity contribution < 1.29 is 9.84 Å². The predicted octanol–water partition coefficient (Wildman–Crippen LogP) is 3.30. The fourth-order valence-corrected chi connectivity index (χ4v) is 2.68. The summed E-state index contributed by atoms with van der Waals surface area (Å²) in [4.78, 5) is 2.31. The lowest BCUT2D eigenvalue weighted by Gasteiger charge is -2.28. The van der Waals surface area contributed by atoms with Gasteiger partial charge in [-0.2, -0.15) is 0 Å². The summed E-state index contributed by atoms with van der Waals surface area (Å²) in [6, 6.07) is 5.53. The van der Waals surface area contributed by atoms with Crippen molar-refractivity contribution in [3.05, 3.63) is 28.8 Å². The molecule has 5 heteroatoms. The Morgan fingerprint density at radius 2 is 2.00 bits per heavy atom. The zero-order valence-electron chi connectivity index (χ0n) is 11.8. The molecule has 1 aromatic rings. The highest BCUT2D eigenvalue weighted by Gasteiger charge is 2.15. The first-order valence-corrected chi connectivity index (χ1v) is 7.32. The number of aliphatic hydroxyl groups is 1. The first-order chi connectivity index (χ1) is 9.15. The van der Waals surface area contributed by atoms with Gasteiger partial charge < -0.3 is 14.7 Å². The summed E-state index contributed by atoms with van der Waals surface area (Å²) in [5.41, 5.74) is 0.998. The van der Waals surface area contributed by atoms with Gasteiger partial charge in [-0.3, -0.25) is 0 Å². The van der Waals surface area contributed by atoms with Gasteiger partial charge in [-0.25, -0.2) is 0 Å². The van der Waals surface area contributed by atoms with Crippen LogP contribution in [0, 0.1) is 6.92 Å². The zero-order valence-corrected chi connectivity index (χ0v) is 13.4. The lowest BCUT2D eigenvalue weighted by molar-refractivity contribution is 0.0615. The van der Waals surface area contributed by atoms with Crippen molar-refractivity contribution in [2.75, 3.05) is 26.2 Å². The molecule has 0 amide bonds. The normalized spacial score (nSPS) is 17.4. The van der Waals surface area contributed by atoms with Crippen LogP contribution in [0.25, 0.3) is 0 Å². The molecule has 1 aliphatic rings. The summed E-state index contributed by atoms with van der Waals surface area (Å²) in [5.74, 6) is 0.794. The van der Waals surface area contributed by atoms with E-state index in [9.17, 15) is 5.11 Å². The van der Waals surface area contributed by atoms with E-state index in [1.807, 2.05) is 19.1 Å². The number of hydrogen-bond acceptors (Lipinski definition) is 3. The molecule has 1 heterocycles. The van der Waals surface area contributed by atoms with Gasteiger partial charge in [0.2, 0.25) is 0 Å². The summed E-state index contributed by atoms with van der Waals surface area (Å²) in [7, 11) is 0. The average molecular weight is 320 g/mol. The largest absolute Gasteiger partial charge is 0.491 e. The van der Waals surface area contributed by atoms with E-state index < -0.39 is 6.10 Å². The molecule has 1 N–H and O–H groups in total. The van der Waals surface area contributed by atoms with Crippen molar-refractivity contribution in [3.8, 4) is 5.75 Å². The molecule has 0 aliphatic carbocycles. The number of halogens is 2. The monoisotopic (exact) mass is 319 g/mol. The van der Waals surface area contributed by atoms with Gasteiger partial charge in [-0.05, 0) is 56.6 Å². The van der Waals surface area contributed by atoms with Gasteiger partial charge in [0.1, 0.15) is 18.5 Å². The molecule has 1 aliphatic heterocycles. The van der Waals surface area contributed by atoms with Crippen LogP contribution in [0.5, 0.6) is 5.75 Å². The smallest absolute Gasteiger partial charge is 0.122 e. The first kappa shape index (κ1) is 17.6. The van der Waals surface area contributed by atoms with Gasteiger partial charge in [0.25, 0.3) is 0 Å². The first-order valence-electron chi connectivity index (χ1n) is 6.94. The van der Waals surface area contributed by atoms with Crippen molar-refractivity contribution in [1.29, 1.82) is 0 Å². The van der Waals surface area contributed by atoms with Crippen LogP contribution in [-0.2, 0) is 0 Å². The van der Waals surface area contributed by atoms with Crippen molar-refractivity contribution in [2.45, 2.75) is 32.3 Å². The van der Waals surface area contributed by atoms with Crippen molar-refractivity contribution in [1.82, 2.24) is 4.90 Å². The third kappa shape index (κ3) is 5.49. The number of rotatable bonds is 5. The second kappa shape index (κ2) is 8.73. The third-order valence-electron chi connectivity index (χ3n) is 3.49. The highest BCUT2D eigenvalue weighted by Crippen LogP contribution is 2.22. The summed E-state index contributed by atoms with van der Waals surface area (Å²) >= 11 is 5.90. The van der Waals surface area contributed by atoms with Gasteiger partial charge in [-0.1, -0.05) is 18.0 Å². The summed E-state index contributed by atoms with van der Waals surface area (Å²) in [6.07, 6.45) is 3.36.